The monoisotopic (exact) mass is 222 g/mol. The van der Waals surface area contributed by atoms with E-state index in [0.29, 0.717) is 0 Å². The van der Waals surface area contributed by atoms with Crippen molar-refractivity contribution in [2.24, 2.45) is 29.6 Å². The summed E-state index contributed by atoms with van der Waals surface area (Å²) in [4.78, 5) is 4.74. The molecule has 4 saturated carbocycles. The summed E-state index contributed by atoms with van der Waals surface area (Å²) in [5.41, 5.74) is 3.13. The van der Waals surface area contributed by atoms with Crippen LogP contribution in [0, 0.1) is 29.6 Å². The molecule has 1 aliphatic heterocycles. The van der Waals surface area contributed by atoms with Crippen LogP contribution in [-0.4, -0.2) is 0 Å². The Morgan fingerprint density at radius 2 is 1.67 bits per heavy atom. The molecule has 2 nitrogen and oxygen atoms in total. The summed E-state index contributed by atoms with van der Waals surface area (Å²) in [5, 5.41) is 0. The second-order valence-electron chi connectivity index (χ2n) is 5.85. The van der Waals surface area contributed by atoms with Crippen LogP contribution in [0.15, 0.2) is 11.1 Å². The molecule has 4 fully saturated rings. The minimum Gasteiger partial charge on any atom is -0.318 e. The minimum atomic E-state index is 0.894. The Kier molecular flexibility index (Phi) is 1.89. The first-order chi connectivity index (χ1) is 7.40. The molecule has 82 valence electrons. The van der Waals surface area contributed by atoms with Gasteiger partial charge in [0.2, 0.25) is 0 Å². The Hall–Kier alpha value is -0.150. The van der Waals surface area contributed by atoms with Gasteiger partial charge in [-0.15, -0.1) is 0 Å². The first kappa shape index (κ1) is 8.94. The highest BCUT2D eigenvalue weighted by atomic mass is 32.2. The Labute approximate surface area is 95.4 Å². The van der Waals surface area contributed by atoms with Crippen LogP contribution in [0.25, 0.3) is 0 Å². The summed E-state index contributed by atoms with van der Waals surface area (Å²) in [6.45, 7) is 0. The molecule has 0 aromatic heterocycles. The Morgan fingerprint density at radius 1 is 1.00 bits per heavy atom. The maximum absolute atomic E-state index is 3.16. The van der Waals surface area contributed by atoms with E-state index in [1.807, 2.05) is 11.9 Å². The largest absolute Gasteiger partial charge is 0.318 e. The first-order valence-corrected chi connectivity index (χ1v) is 7.09. The highest BCUT2D eigenvalue weighted by molar-refractivity contribution is 8.01. The van der Waals surface area contributed by atoms with Gasteiger partial charge in [-0.1, -0.05) is 0 Å². The molecule has 5 aliphatic rings. The smallest absolute Gasteiger partial charge is 0.0246 e. The van der Waals surface area contributed by atoms with Crippen LogP contribution >= 0.6 is 11.9 Å². The third-order valence-corrected chi connectivity index (χ3v) is 5.84. The molecule has 0 saturated heterocycles. The average Bonchev–Trinajstić information content (AvgIpc) is 2.69. The lowest BCUT2D eigenvalue weighted by Gasteiger charge is -2.54. The van der Waals surface area contributed by atoms with Gasteiger partial charge in [-0.3, -0.25) is 0 Å². The molecule has 0 unspecified atom stereocenters. The third kappa shape index (κ3) is 1.29. The van der Waals surface area contributed by atoms with E-state index in [1.165, 1.54) is 25.7 Å². The number of hydrogen-bond acceptors (Lipinski definition) is 3. The lowest BCUT2D eigenvalue weighted by molar-refractivity contribution is -0.0176. The molecular weight excluding hydrogens is 204 g/mol. The Morgan fingerprint density at radius 3 is 2.20 bits per heavy atom. The van der Waals surface area contributed by atoms with Crippen LogP contribution in [0.2, 0.25) is 0 Å². The van der Waals surface area contributed by atoms with Crippen LogP contribution in [-0.2, 0) is 0 Å². The summed E-state index contributed by atoms with van der Waals surface area (Å²) in [5.74, 6) is 5.11. The predicted molar refractivity (Wildman–Crippen MR) is 62.5 cm³/mol. The first-order valence-electron chi connectivity index (χ1n) is 6.27. The third-order valence-electron chi connectivity index (χ3n) is 5.00. The fraction of sp³-hybridized carbons (Fsp3) is 0.833. The minimum absolute atomic E-state index is 0.894. The molecule has 0 atom stereocenters. The molecule has 0 aromatic rings. The SMILES string of the molecule is C1=C(C2C3CC4CC(C3)CC2C4)SNN1. The molecule has 5 rings (SSSR count). The Bertz CT molecular complexity index is 285. The van der Waals surface area contributed by atoms with Gasteiger partial charge in [0.25, 0.3) is 0 Å². The van der Waals surface area contributed by atoms with Crippen LogP contribution in [0.4, 0.5) is 0 Å². The highest BCUT2D eigenvalue weighted by Gasteiger charge is 2.49. The van der Waals surface area contributed by atoms with Crippen molar-refractivity contribution >= 4 is 11.9 Å². The van der Waals surface area contributed by atoms with Gasteiger partial charge in [0, 0.05) is 11.1 Å². The lowest BCUT2D eigenvalue weighted by Crippen LogP contribution is -2.45. The molecule has 0 spiro atoms. The van der Waals surface area contributed by atoms with E-state index in [1.54, 1.807) is 11.3 Å². The van der Waals surface area contributed by atoms with Crippen molar-refractivity contribution in [2.45, 2.75) is 32.1 Å². The van der Waals surface area contributed by atoms with Crippen molar-refractivity contribution in [3.8, 4) is 0 Å². The number of nitrogens with one attached hydrogen (secondary N) is 2. The molecule has 0 amide bonds. The van der Waals surface area contributed by atoms with E-state index in [0.717, 1.165) is 29.6 Å². The number of allylic oxidation sites excluding steroid dienone is 1. The van der Waals surface area contributed by atoms with Gasteiger partial charge in [-0.05, 0) is 73.6 Å². The molecule has 0 radical (unpaired) electrons. The van der Waals surface area contributed by atoms with Gasteiger partial charge in [0.1, 0.15) is 0 Å². The predicted octanol–water partition coefficient (Wildman–Crippen LogP) is 2.66. The van der Waals surface area contributed by atoms with Crippen LogP contribution in [0.3, 0.4) is 0 Å². The fourth-order valence-corrected chi connectivity index (χ4v) is 5.65. The zero-order valence-corrected chi connectivity index (χ0v) is 9.72. The standard InChI is InChI=1S/C12H18N2S/c1-7-2-9-4-8(1)5-10(3-7)12(9)11-6-13-14-15-11/h6-10,12-14H,1-5H2. The lowest BCUT2D eigenvalue weighted by atomic mass is 9.52. The van der Waals surface area contributed by atoms with Crippen molar-refractivity contribution in [1.29, 1.82) is 0 Å². The molecular formula is C12H18N2S. The van der Waals surface area contributed by atoms with Gasteiger partial charge in [-0.2, -0.15) is 4.83 Å². The van der Waals surface area contributed by atoms with Crippen molar-refractivity contribution in [3.63, 3.8) is 0 Å². The number of rotatable bonds is 1. The van der Waals surface area contributed by atoms with Gasteiger partial charge >= 0.3 is 0 Å². The number of hydrazine groups is 1. The van der Waals surface area contributed by atoms with Crippen molar-refractivity contribution in [2.75, 3.05) is 0 Å². The summed E-state index contributed by atoms with van der Waals surface area (Å²) in [6, 6.07) is 0. The average molecular weight is 222 g/mol. The maximum Gasteiger partial charge on any atom is 0.0246 e. The van der Waals surface area contributed by atoms with Gasteiger partial charge in [0.15, 0.2) is 0 Å². The van der Waals surface area contributed by atoms with E-state index in [-0.39, 0.29) is 0 Å². The molecule has 2 N–H and O–H groups in total. The van der Waals surface area contributed by atoms with Crippen molar-refractivity contribution in [1.82, 2.24) is 10.3 Å². The molecule has 4 aliphatic carbocycles. The normalized spacial score (nSPS) is 51.7. The van der Waals surface area contributed by atoms with E-state index in [4.69, 9.17) is 0 Å². The van der Waals surface area contributed by atoms with Gasteiger partial charge in [0.05, 0.1) is 0 Å². The van der Waals surface area contributed by atoms with Crippen molar-refractivity contribution in [3.05, 3.63) is 11.1 Å². The maximum atomic E-state index is 3.16. The van der Waals surface area contributed by atoms with E-state index < -0.39 is 0 Å². The number of hydrogen-bond donors (Lipinski definition) is 2. The quantitative estimate of drug-likeness (QED) is 0.667. The molecule has 1 heterocycles. The van der Waals surface area contributed by atoms with E-state index in [9.17, 15) is 0 Å². The summed E-state index contributed by atoms with van der Waals surface area (Å²) in [7, 11) is 0. The molecule has 0 aromatic carbocycles. The van der Waals surface area contributed by atoms with Gasteiger partial charge in [-0.25, -0.2) is 0 Å². The molecule has 3 heteroatoms. The summed E-state index contributed by atoms with van der Waals surface area (Å²) < 4.78 is 0. The zero-order chi connectivity index (χ0) is 9.83. The van der Waals surface area contributed by atoms with E-state index >= 15 is 0 Å². The molecule has 4 bridgehead atoms. The van der Waals surface area contributed by atoms with Crippen LogP contribution in [0.5, 0.6) is 0 Å². The Balaban J connectivity index is 1.64. The topological polar surface area (TPSA) is 24.1 Å². The van der Waals surface area contributed by atoms with Gasteiger partial charge < -0.3 is 5.43 Å². The second-order valence-corrected chi connectivity index (χ2v) is 6.73. The second kappa shape index (κ2) is 3.17. The van der Waals surface area contributed by atoms with Crippen molar-refractivity contribution < 1.29 is 0 Å². The molecule has 15 heavy (non-hydrogen) atoms. The summed E-state index contributed by atoms with van der Waals surface area (Å²) in [6.07, 6.45) is 9.86. The van der Waals surface area contributed by atoms with Crippen LogP contribution < -0.4 is 10.3 Å². The summed E-state index contributed by atoms with van der Waals surface area (Å²) >= 11 is 1.82. The zero-order valence-electron chi connectivity index (χ0n) is 8.91. The van der Waals surface area contributed by atoms with E-state index in [2.05, 4.69) is 16.5 Å². The van der Waals surface area contributed by atoms with Crippen LogP contribution in [0.1, 0.15) is 32.1 Å². The highest BCUT2D eigenvalue weighted by Crippen LogP contribution is 2.59. The fourth-order valence-electron chi connectivity index (χ4n) is 4.77.